The van der Waals surface area contributed by atoms with Crippen LogP contribution in [-0.4, -0.2) is 49.5 Å². The topological polar surface area (TPSA) is 56.7 Å². The van der Waals surface area contributed by atoms with Gasteiger partial charge in [-0.1, -0.05) is 43.2 Å². The van der Waals surface area contributed by atoms with Crippen molar-refractivity contribution in [3.8, 4) is 0 Å². The van der Waals surface area contributed by atoms with Crippen LogP contribution in [0.3, 0.4) is 0 Å². The smallest absolute Gasteiger partial charge is 0.222 e. The summed E-state index contributed by atoms with van der Waals surface area (Å²) in [6.07, 6.45) is 7.71. The van der Waals surface area contributed by atoms with Gasteiger partial charge < -0.3 is 15.5 Å². The number of rotatable bonds is 8. The molecular formula is C22H35IN4O. The second-order valence-corrected chi connectivity index (χ2v) is 7.81. The Hall–Kier alpha value is -1.31. The molecule has 156 valence electrons. The Morgan fingerprint density at radius 2 is 1.89 bits per heavy atom. The van der Waals surface area contributed by atoms with Gasteiger partial charge in [0, 0.05) is 38.0 Å². The lowest BCUT2D eigenvalue weighted by atomic mass is 9.79. The number of carbonyl (C=O) groups is 1. The van der Waals surface area contributed by atoms with Gasteiger partial charge in [0.05, 0.1) is 6.54 Å². The average Bonchev–Trinajstić information content (AvgIpc) is 3.34. The van der Waals surface area contributed by atoms with Crippen molar-refractivity contribution in [2.75, 3.05) is 32.7 Å². The van der Waals surface area contributed by atoms with Crippen molar-refractivity contribution in [1.29, 1.82) is 0 Å². The number of nitrogens with zero attached hydrogens (tertiary/aromatic N) is 2. The van der Waals surface area contributed by atoms with E-state index in [1.165, 1.54) is 31.2 Å². The van der Waals surface area contributed by atoms with Gasteiger partial charge in [0.25, 0.3) is 0 Å². The van der Waals surface area contributed by atoms with E-state index in [0.29, 0.717) is 5.91 Å². The highest BCUT2D eigenvalue weighted by Crippen LogP contribution is 2.41. The van der Waals surface area contributed by atoms with E-state index in [1.807, 2.05) is 4.90 Å². The molecule has 5 nitrogen and oxygen atoms in total. The van der Waals surface area contributed by atoms with Crippen LogP contribution in [-0.2, 0) is 10.2 Å². The maximum atomic E-state index is 11.7. The Labute approximate surface area is 186 Å². The van der Waals surface area contributed by atoms with E-state index in [4.69, 9.17) is 4.99 Å². The molecule has 1 heterocycles. The molecule has 0 spiro atoms. The van der Waals surface area contributed by atoms with Crippen molar-refractivity contribution in [1.82, 2.24) is 15.5 Å². The van der Waals surface area contributed by atoms with Crippen molar-refractivity contribution in [2.45, 2.75) is 57.3 Å². The minimum atomic E-state index is 0. The van der Waals surface area contributed by atoms with Crippen LogP contribution in [0.4, 0.5) is 0 Å². The number of halogens is 1. The number of guanidine groups is 1. The molecule has 2 aliphatic rings. The zero-order chi connectivity index (χ0) is 19.0. The van der Waals surface area contributed by atoms with Gasteiger partial charge in [-0.05, 0) is 38.2 Å². The second-order valence-electron chi connectivity index (χ2n) is 7.81. The summed E-state index contributed by atoms with van der Waals surface area (Å²) in [5, 5.41) is 6.82. The lowest BCUT2D eigenvalue weighted by Gasteiger charge is -2.28. The third kappa shape index (κ3) is 6.09. The fourth-order valence-electron chi connectivity index (χ4n) is 4.37. The van der Waals surface area contributed by atoms with Gasteiger partial charge in [0.1, 0.15) is 0 Å². The molecule has 0 atom stereocenters. The fourth-order valence-corrected chi connectivity index (χ4v) is 4.37. The van der Waals surface area contributed by atoms with Gasteiger partial charge in [0.15, 0.2) is 5.96 Å². The number of hydrogen-bond donors (Lipinski definition) is 2. The summed E-state index contributed by atoms with van der Waals surface area (Å²) in [6.45, 7) is 6.40. The third-order valence-electron chi connectivity index (χ3n) is 5.90. The number of likely N-dealkylation sites (tertiary alicyclic amines) is 1. The molecule has 1 amide bonds. The Bertz CT molecular complexity index is 629. The molecule has 2 N–H and O–H groups in total. The van der Waals surface area contributed by atoms with Crippen molar-refractivity contribution < 1.29 is 4.79 Å². The lowest BCUT2D eigenvalue weighted by molar-refractivity contribution is -0.127. The van der Waals surface area contributed by atoms with Crippen LogP contribution in [0.15, 0.2) is 35.3 Å². The largest absolute Gasteiger partial charge is 0.357 e. The molecule has 0 radical (unpaired) electrons. The Morgan fingerprint density at radius 3 is 2.54 bits per heavy atom. The Kier molecular flexibility index (Phi) is 9.55. The van der Waals surface area contributed by atoms with Crippen molar-refractivity contribution in [3.63, 3.8) is 0 Å². The molecule has 1 aromatic carbocycles. The van der Waals surface area contributed by atoms with Crippen molar-refractivity contribution in [2.24, 2.45) is 4.99 Å². The molecule has 2 fully saturated rings. The monoisotopic (exact) mass is 498 g/mol. The maximum absolute atomic E-state index is 11.7. The van der Waals surface area contributed by atoms with Crippen LogP contribution in [0, 0.1) is 0 Å². The number of aliphatic imine (C=N–C) groups is 1. The van der Waals surface area contributed by atoms with Gasteiger partial charge in [-0.2, -0.15) is 0 Å². The molecule has 3 rings (SSSR count). The van der Waals surface area contributed by atoms with Gasteiger partial charge in [-0.25, -0.2) is 0 Å². The minimum Gasteiger partial charge on any atom is -0.357 e. The Morgan fingerprint density at radius 1 is 1.14 bits per heavy atom. The number of benzene rings is 1. The first-order valence-corrected chi connectivity index (χ1v) is 10.6. The molecule has 28 heavy (non-hydrogen) atoms. The standard InChI is InChI=1S/C22H34N4O.HI/c1-2-23-21(24-15-9-17-26-16-8-12-20(26)27)25-18-22(13-6-7-14-22)19-10-4-3-5-11-19;/h3-5,10-11H,2,6-9,12-18H2,1H3,(H2,23,24,25);1H. The van der Waals surface area contributed by atoms with Crippen LogP contribution in [0.25, 0.3) is 0 Å². The highest BCUT2D eigenvalue weighted by atomic mass is 127. The van der Waals surface area contributed by atoms with E-state index in [9.17, 15) is 4.79 Å². The summed E-state index contributed by atoms with van der Waals surface area (Å²) in [4.78, 5) is 18.6. The van der Waals surface area contributed by atoms with Gasteiger partial charge >= 0.3 is 0 Å². The molecule has 1 saturated heterocycles. The van der Waals surface area contributed by atoms with E-state index in [-0.39, 0.29) is 29.4 Å². The van der Waals surface area contributed by atoms with E-state index < -0.39 is 0 Å². The summed E-state index contributed by atoms with van der Waals surface area (Å²) in [7, 11) is 0. The first-order chi connectivity index (χ1) is 13.2. The van der Waals surface area contributed by atoms with E-state index in [1.54, 1.807) is 0 Å². The average molecular weight is 498 g/mol. The molecule has 0 unspecified atom stereocenters. The molecule has 0 aromatic heterocycles. The number of hydrogen-bond acceptors (Lipinski definition) is 2. The highest BCUT2D eigenvalue weighted by molar-refractivity contribution is 14.0. The normalized spacial score (nSPS) is 18.8. The third-order valence-corrected chi connectivity index (χ3v) is 5.90. The first kappa shape index (κ1) is 23.0. The van der Waals surface area contributed by atoms with Gasteiger partial charge in [-0.3, -0.25) is 9.79 Å². The van der Waals surface area contributed by atoms with Gasteiger partial charge in [0.2, 0.25) is 5.91 Å². The number of amides is 1. The summed E-state index contributed by atoms with van der Waals surface area (Å²) in [6, 6.07) is 10.9. The lowest BCUT2D eigenvalue weighted by Crippen LogP contribution is -2.40. The van der Waals surface area contributed by atoms with Crippen LogP contribution in [0.2, 0.25) is 0 Å². The number of nitrogens with one attached hydrogen (secondary N) is 2. The molecular weight excluding hydrogens is 463 g/mol. The van der Waals surface area contributed by atoms with Crippen molar-refractivity contribution in [3.05, 3.63) is 35.9 Å². The Balaban J connectivity index is 0.00000280. The minimum absolute atomic E-state index is 0. The molecule has 0 bridgehead atoms. The van der Waals surface area contributed by atoms with Crippen molar-refractivity contribution >= 4 is 35.8 Å². The van der Waals surface area contributed by atoms with Crippen LogP contribution < -0.4 is 10.6 Å². The zero-order valence-corrected chi connectivity index (χ0v) is 19.4. The summed E-state index contributed by atoms with van der Waals surface area (Å²) >= 11 is 0. The van der Waals surface area contributed by atoms with Gasteiger partial charge in [-0.15, -0.1) is 24.0 Å². The van der Waals surface area contributed by atoms with Crippen LogP contribution in [0.1, 0.15) is 57.4 Å². The van der Waals surface area contributed by atoms with Crippen LogP contribution in [0.5, 0.6) is 0 Å². The van der Waals surface area contributed by atoms with E-state index in [2.05, 4.69) is 47.9 Å². The molecule has 6 heteroatoms. The molecule has 1 saturated carbocycles. The van der Waals surface area contributed by atoms with E-state index >= 15 is 0 Å². The quantitative estimate of drug-likeness (QED) is 0.249. The fraction of sp³-hybridized carbons (Fsp3) is 0.636. The first-order valence-electron chi connectivity index (χ1n) is 10.6. The summed E-state index contributed by atoms with van der Waals surface area (Å²) in [5.74, 6) is 1.20. The molecule has 1 aliphatic carbocycles. The predicted molar refractivity (Wildman–Crippen MR) is 126 cm³/mol. The van der Waals surface area contributed by atoms with Crippen LogP contribution >= 0.6 is 24.0 Å². The molecule has 1 aliphatic heterocycles. The highest BCUT2D eigenvalue weighted by Gasteiger charge is 2.35. The second kappa shape index (κ2) is 11.6. The summed E-state index contributed by atoms with van der Waals surface area (Å²) in [5.41, 5.74) is 1.61. The summed E-state index contributed by atoms with van der Waals surface area (Å²) < 4.78 is 0. The van der Waals surface area contributed by atoms with E-state index in [0.717, 1.165) is 57.9 Å². The SMILES string of the molecule is CCNC(=NCC1(c2ccccc2)CCCC1)NCCCN1CCCC1=O.I. The number of carbonyl (C=O) groups excluding carboxylic acids is 1. The molecule has 1 aromatic rings. The predicted octanol–water partition coefficient (Wildman–Crippen LogP) is 3.68. The zero-order valence-electron chi connectivity index (χ0n) is 17.1. The maximum Gasteiger partial charge on any atom is 0.222 e.